The Hall–Kier alpha value is -1.88. The molecule has 0 aliphatic carbocycles. The van der Waals surface area contributed by atoms with E-state index in [-0.39, 0.29) is 11.9 Å². The highest BCUT2D eigenvalue weighted by Crippen LogP contribution is 2.21. The van der Waals surface area contributed by atoms with Crippen molar-refractivity contribution >= 4 is 11.9 Å². The van der Waals surface area contributed by atoms with Crippen LogP contribution in [0.3, 0.4) is 0 Å². The molecule has 0 aromatic heterocycles. The Morgan fingerprint density at radius 2 is 1.65 bits per heavy atom. The zero-order chi connectivity index (χ0) is 16.2. The van der Waals surface area contributed by atoms with Gasteiger partial charge in [-0.05, 0) is 63.0 Å². The number of hydrogen-bond acceptors (Lipinski definition) is 4. The number of hydrogen-bond donors (Lipinski definition) is 0. The van der Waals surface area contributed by atoms with Crippen molar-refractivity contribution in [2.24, 2.45) is 0 Å². The number of carbonyl (C=O) groups is 2. The Balaban J connectivity index is 1.65. The molecular weight excluding hydrogens is 292 g/mol. The summed E-state index contributed by atoms with van der Waals surface area (Å²) in [6.45, 7) is 3.97. The van der Waals surface area contributed by atoms with E-state index in [0.29, 0.717) is 17.2 Å². The van der Waals surface area contributed by atoms with Crippen molar-refractivity contribution < 1.29 is 14.3 Å². The van der Waals surface area contributed by atoms with Gasteiger partial charge < -0.3 is 9.64 Å². The lowest BCUT2D eigenvalue weighted by Gasteiger charge is -2.37. The first kappa shape index (κ1) is 16.0. The number of rotatable bonds is 3. The maximum Gasteiger partial charge on any atom is 0.337 e. The minimum Gasteiger partial charge on any atom is -0.465 e. The average molecular weight is 316 g/mol. The molecule has 1 aromatic carbocycles. The number of amides is 1. The summed E-state index contributed by atoms with van der Waals surface area (Å²) in [5, 5.41) is 0. The molecule has 2 saturated heterocycles. The van der Waals surface area contributed by atoms with Crippen LogP contribution >= 0.6 is 0 Å². The second-order valence-electron chi connectivity index (χ2n) is 6.36. The molecule has 0 N–H and O–H groups in total. The molecule has 3 rings (SSSR count). The van der Waals surface area contributed by atoms with E-state index in [0.717, 1.165) is 19.5 Å². The Morgan fingerprint density at radius 1 is 1.00 bits per heavy atom. The van der Waals surface area contributed by atoms with Gasteiger partial charge in [0.05, 0.1) is 12.7 Å². The van der Waals surface area contributed by atoms with Gasteiger partial charge in [-0.25, -0.2) is 4.79 Å². The van der Waals surface area contributed by atoms with Crippen molar-refractivity contribution in [2.45, 2.75) is 31.7 Å². The summed E-state index contributed by atoms with van der Waals surface area (Å²) in [6, 6.07) is 7.24. The number of benzene rings is 1. The highest BCUT2D eigenvalue weighted by atomic mass is 16.5. The summed E-state index contributed by atoms with van der Waals surface area (Å²) < 4.78 is 4.68. The van der Waals surface area contributed by atoms with Gasteiger partial charge >= 0.3 is 5.97 Å². The van der Waals surface area contributed by atoms with Crippen LogP contribution in [0.15, 0.2) is 24.3 Å². The lowest BCUT2D eigenvalue weighted by molar-refractivity contribution is 0.0592. The predicted octanol–water partition coefficient (Wildman–Crippen LogP) is 2.17. The van der Waals surface area contributed by atoms with Crippen molar-refractivity contribution in [1.82, 2.24) is 9.80 Å². The standard InChI is InChI=1S/C18H24N2O3/c1-23-18(22)15-8-6-14(7-9-15)17(21)20-12-4-5-16(13-20)19-10-2-3-11-19/h6-9,16H,2-5,10-13H2,1H3/t16-/m0/s1. The van der Waals surface area contributed by atoms with E-state index in [2.05, 4.69) is 9.64 Å². The molecule has 2 heterocycles. The predicted molar refractivity (Wildman–Crippen MR) is 87.5 cm³/mol. The van der Waals surface area contributed by atoms with E-state index in [1.54, 1.807) is 24.3 Å². The fraction of sp³-hybridized carbons (Fsp3) is 0.556. The first-order chi connectivity index (χ1) is 11.2. The second kappa shape index (κ2) is 7.13. The van der Waals surface area contributed by atoms with Crippen LogP contribution in [-0.4, -0.2) is 61.0 Å². The molecule has 23 heavy (non-hydrogen) atoms. The summed E-state index contributed by atoms with van der Waals surface area (Å²) in [5.41, 5.74) is 1.11. The smallest absolute Gasteiger partial charge is 0.337 e. The number of nitrogens with zero attached hydrogens (tertiary/aromatic N) is 2. The van der Waals surface area contributed by atoms with Gasteiger partial charge in [0.1, 0.15) is 0 Å². The van der Waals surface area contributed by atoms with Crippen LogP contribution in [0.2, 0.25) is 0 Å². The van der Waals surface area contributed by atoms with Gasteiger partial charge in [-0.2, -0.15) is 0 Å². The van der Waals surface area contributed by atoms with Crippen molar-refractivity contribution in [2.75, 3.05) is 33.3 Å². The molecule has 1 atom stereocenters. The fourth-order valence-corrected chi connectivity index (χ4v) is 3.59. The largest absolute Gasteiger partial charge is 0.465 e. The van der Waals surface area contributed by atoms with Crippen LogP contribution in [0, 0.1) is 0 Å². The maximum atomic E-state index is 12.7. The SMILES string of the molecule is COC(=O)c1ccc(C(=O)N2CCC[C@H](N3CCCC3)C2)cc1. The second-order valence-corrected chi connectivity index (χ2v) is 6.36. The Bertz CT molecular complexity index is 564. The molecule has 0 saturated carbocycles. The quantitative estimate of drug-likeness (QED) is 0.802. The topological polar surface area (TPSA) is 49.9 Å². The molecule has 2 fully saturated rings. The first-order valence-corrected chi connectivity index (χ1v) is 8.41. The monoisotopic (exact) mass is 316 g/mol. The number of carbonyl (C=O) groups excluding carboxylic acids is 2. The van der Waals surface area contributed by atoms with Crippen molar-refractivity contribution in [3.8, 4) is 0 Å². The number of methoxy groups -OCH3 is 1. The van der Waals surface area contributed by atoms with E-state index in [1.165, 1.54) is 39.5 Å². The van der Waals surface area contributed by atoms with Gasteiger partial charge in [-0.15, -0.1) is 0 Å². The summed E-state index contributed by atoms with van der Waals surface area (Å²) in [4.78, 5) is 28.7. The highest BCUT2D eigenvalue weighted by Gasteiger charge is 2.29. The number of esters is 1. The van der Waals surface area contributed by atoms with E-state index < -0.39 is 0 Å². The van der Waals surface area contributed by atoms with Crippen LogP contribution < -0.4 is 0 Å². The van der Waals surface area contributed by atoms with Crippen LogP contribution in [0.25, 0.3) is 0 Å². The number of piperidine rings is 1. The average Bonchev–Trinajstić information content (AvgIpc) is 3.15. The summed E-state index contributed by atoms with van der Waals surface area (Å²) in [7, 11) is 1.35. The summed E-state index contributed by atoms with van der Waals surface area (Å²) >= 11 is 0. The van der Waals surface area contributed by atoms with Crippen LogP contribution in [0.1, 0.15) is 46.4 Å². The Labute approximate surface area is 137 Å². The molecule has 1 aromatic rings. The third-order valence-electron chi connectivity index (χ3n) is 4.89. The highest BCUT2D eigenvalue weighted by molar-refractivity contribution is 5.96. The molecular formula is C18H24N2O3. The maximum absolute atomic E-state index is 12.7. The fourth-order valence-electron chi connectivity index (χ4n) is 3.59. The van der Waals surface area contributed by atoms with Crippen molar-refractivity contribution in [1.29, 1.82) is 0 Å². The van der Waals surface area contributed by atoms with Crippen molar-refractivity contribution in [3.05, 3.63) is 35.4 Å². The summed E-state index contributed by atoms with van der Waals surface area (Å²) in [5.74, 6) is -0.318. The van der Waals surface area contributed by atoms with Crippen molar-refractivity contribution in [3.63, 3.8) is 0 Å². The van der Waals surface area contributed by atoms with Gasteiger partial charge in [0.15, 0.2) is 0 Å². The molecule has 2 aliphatic heterocycles. The van der Waals surface area contributed by atoms with Crippen LogP contribution in [0.4, 0.5) is 0 Å². The minimum atomic E-state index is -0.379. The first-order valence-electron chi connectivity index (χ1n) is 8.41. The molecule has 5 nitrogen and oxygen atoms in total. The van der Waals surface area contributed by atoms with Gasteiger partial charge in [-0.3, -0.25) is 9.69 Å². The van der Waals surface area contributed by atoms with E-state index in [1.807, 2.05) is 4.90 Å². The Morgan fingerprint density at radius 3 is 2.30 bits per heavy atom. The zero-order valence-corrected chi connectivity index (χ0v) is 13.7. The zero-order valence-electron chi connectivity index (χ0n) is 13.7. The molecule has 0 radical (unpaired) electrons. The van der Waals surface area contributed by atoms with Crippen LogP contribution in [0.5, 0.6) is 0 Å². The molecule has 0 bridgehead atoms. The van der Waals surface area contributed by atoms with Gasteiger partial charge in [0.25, 0.3) is 5.91 Å². The van der Waals surface area contributed by atoms with Gasteiger partial charge in [0, 0.05) is 24.7 Å². The lowest BCUT2D eigenvalue weighted by Crippen LogP contribution is -2.48. The van der Waals surface area contributed by atoms with Crippen LogP contribution in [-0.2, 0) is 4.74 Å². The molecule has 0 spiro atoms. The lowest BCUT2D eigenvalue weighted by atomic mass is 10.0. The molecule has 5 heteroatoms. The summed E-state index contributed by atoms with van der Waals surface area (Å²) in [6.07, 6.45) is 4.80. The molecule has 2 aliphatic rings. The van der Waals surface area contributed by atoms with Gasteiger partial charge in [0.2, 0.25) is 0 Å². The molecule has 124 valence electrons. The van der Waals surface area contributed by atoms with E-state index in [9.17, 15) is 9.59 Å². The van der Waals surface area contributed by atoms with Gasteiger partial charge in [-0.1, -0.05) is 0 Å². The van der Waals surface area contributed by atoms with E-state index in [4.69, 9.17) is 0 Å². The normalized spacial score (nSPS) is 22.1. The number of ether oxygens (including phenoxy) is 1. The minimum absolute atomic E-state index is 0.0605. The Kier molecular flexibility index (Phi) is 4.96. The molecule has 1 amide bonds. The number of likely N-dealkylation sites (tertiary alicyclic amines) is 2. The third-order valence-corrected chi connectivity index (χ3v) is 4.89. The van der Waals surface area contributed by atoms with E-state index >= 15 is 0 Å². The third kappa shape index (κ3) is 3.55. The molecule has 0 unspecified atom stereocenters.